The fraction of sp³-hybridized carbons (Fsp3) is 0.900. The molecule has 0 radical (unpaired) electrons. The predicted molar refractivity (Wildman–Crippen MR) is 193 cm³/mol. The smallest absolute Gasteiger partial charge is 0.102 e. The molecule has 2 N–H and O–H groups in total. The summed E-state index contributed by atoms with van der Waals surface area (Å²) < 4.78 is 0.916. The molecule has 0 saturated heterocycles. The van der Waals surface area contributed by atoms with E-state index < -0.39 is 0 Å². The summed E-state index contributed by atoms with van der Waals surface area (Å²) >= 11 is 0. The van der Waals surface area contributed by atoms with Crippen LogP contribution in [0.4, 0.5) is 0 Å². The minimum absolute atomic E-state index is 0.235. The maximum absolute atomic E-state index is 9.79. The van der Waals surface area contributed by atoms with Crippen molar-refractivity contribution in [2.75, 3.05) is 39.4 Å². The molecule has 0 saturated carbocycles. The number of allylic oxidation sites excluding steroid dienone is 4. The van der Waals surface area contributed by atoms with Crippen LogP contribution in [0.2, 0.25) is 0 Å². The average Bonchev–Trinajstić information content (AvgIpc) is 3.01. The van der Waals surface area contributed by atoms with Crippen LogP contribution in [0.15, 0.2) is 24.3 Å². The molecule has 0 aromatic heterocycles. The van der Waals surface area contributed by atoms with Gasteiger partial charge in [-0.05, 0) is 77.0 Å². The Labute approximate surface area is 271 Å². The first-order chi connectivity index (χ1) is 21.2. The van der Waals surface area contributed by atoms with Crippen molar-refractivity contribution >= 4 is 0 Å². The van der Waals surface area contributed by atoms with Gasteiger partial charge < -0.3 is 14.7 Å². The van der Waals surface area contributed by atoms with Crippen LogP contribution in [0.1, 0.15) is 194 Å². The lowest BCUT2D eigenvalue weighted by molar-refractivity contribution is -0.929. The third-order valence-corrected chi connectivity index (χ3v) is 9.44. The van der Waals surface area contributed by atoms with Crippen LogP contribution in [-0.2, 0) is 0 Å². The van der Waals surface area contributed by atoms with Crippen molar-refractivity contribution in [3.05, 3.63) is 24.3 Å². The average molecular weight is 607 g/mol. The van der Waals surface area contributed by atoms with E-state index in [9.17, 15) is 10.2 Å². The Morgan fingerprint density at radius 2 is 0.581 bits per heavy atom. The second-order valence-electron chi connectivity index (χ2n) is 13.6. The molecule has 3 nitrogen and oxygen atoms in total. The third kappa shape index (κ3) is 31.1. The van der Waals surface area contributed by atoms with Crippen LogP contribution >= 0.6 is 0 Å². The van der Waals surface area contributed by atoms with Gasteiger partial charge in [0.05, 0.1) is 26.3 Å². The largest absolute Gasteiger partial charge is 0.391 e. The monoisotopic (exact) mass is 607 g/mol. The number of hydrogen-bond acceptors (Lipinski definition) is 2. The van der Waals surface area contributed by atoms with Crippen LogP contribution in [-0.4, -0.2) is 54.1 Å². The van der Waals surface area contributed by atoms with Crippen molar-refractivity contribution < 1.29 is 14.7 Å². The number of rotatable bonds is 36. The number of quaternary nitrogens is 1. The molecule has 0 fully saturated rings. The van der Waals surface area contributed by atoms with Gasteiger partial charge in [0.15, 0.2) is 0 Å². The van der Waals surface area contributed by atoms with E-state index in [1.165, 1.54) is 180 Å². The molecule has 0 heterocycles. The highest BCUT2D eigenvalue weighted by Gasteiger charge is 2.25. The predicted octanol–water partition coefficient (Wildman–Crippen LogP) is 11.9. The van der Waals surface area contributed by atoms with Gasteiger partial charge in [0, 0.05) is 0 Å². The van der Waals surface area contributed by atoms with Gasteiger partial charge in [-0.15, -0.1) is 0 Å². The van der Waals surface area contributed by atoms with Crippen LogP contribution in [0, 0.1) is 0 Å². The molecule has 0 aromatic rings. The molecule has 0 aliphatic carbocycles. The first kappa shape index (κ1) is 42.4. The summed E-state index contributed by atoms with van der Waals surface area (Å²) in [5, 5.41) is 19.6. The van der Waals surface area contributed by atoms with E-state index in [2.05, 4.69) is 38.2 Å². The Hall–Kier alpha value is -0.640. The van der Waals surface area contributed by atoms with E-state index >= 15 is 0 Å². The molecule has 0 atom stereocenters. The highest BCUT2D eigenvalue weighted by Crippen LogP contribution is 2.17. The molecular weight excluding hydrogens is 526 g/mol. The van der Waals surface area contributed by atoms with E-state index in [0.717, 1.165) is 30.7 Å². The van der Waals surface area contributed by atoms with Gasteiger partial charge in [-0.25, -0.2) is 0 Å². The van der Waals surface area contributed by atoms with Crippen molar-refractivity contribution in [1.82, 2.24) is 0 Å². The van der Waals surface area contributed by atoms with Crippen molar-refractivity contribution in [3.63, 3.8) is 0 Å². The summed E-state index contributed by atoms with van der Waals surface area (Å²) in [7, 11) is 0. The van der Waals surface area contributed by atoms with Gasteiger partial charge in [-0.3, -0.25) is 0 Å². The number of unbranched alkanes of at least 4 members (excludes halogenated alkanes) is 24. The maximum atomic E-state index is 9.79. The lowest BCUT2D eigenvalue weighted by Crippen LogP contribution is -2.52. The molecule has 3 heteroatoms. The van der Waals surface area contributed by atoms with Gasteiger partial charge in [0.2, 0.25) is 0 Å². The Morgan fingerprint density at radius 3 is 0.860 bits per heavy atom. The Kier molecular flexibility index (Phi) is 35.3. The van der Waals surface area contributed by atoms with Crippen molar-refractivity contribution in [2.45, 2.75) is 194 Å². The molecule has 0 unspecified atom stereocenters. The molecule has 43 heavy (non-hydrogen) atoms. The van der Waals surface area contributed by atoms with Gasteiger partial charge in [0.25, 0.3) is 0 Å². The number of aliphatic hydroxyl groups is 2. The van der Waals surface area contributed by atoms with Crippen molar-refractivity contribution in [3.8, 4) is 0 Å². The van der Waals surface area contributed by atoms with E-state index in [1.807, 2.05) is 0 Å². The molecular formula is C40H80NO2+. The van der Waals surface area contributed by atoms with E-state index in [1.54, 1.807) is 0 Å². The minimum Gasteiger partial charge on any atom is -0.391 e. The molecule has 0 rings (SSSR count). The maximum Gasteiger partial charge on any atom is 0.102 e. The molecule has 0 spiro atoms. The van der Waals surface area contributed by atoms with Gasteiger partial charge >= 0.3 is 0 Å². The molecule has 0 amide bonds. The Bertz CT molecular complexity index is 523. The van der Waals surface area contributed by atoms with Gasteiger partial charge in [-0.1, -0.05) is 141 Å². The molecule has 256 valence electrons. The fourth-order valence-electron chi connectivity index (χ4n) is 6.48. The minimum atomic E-state index is 0.235. The zero-order valence-corrected chi connectivity index (χ0v) is 29.7. The van der Waals surface area contributed by atoms with E-state index in [-0.39, 0.29) is 13.2 Å². The Balaban J connectivity index is 3.82. The van der Waals surface area contributed by atoms with Crippen LogP contribution in [0.25, 0.3) is 0 Å². The number of aliphatic hydroxyl groups excluding tert-OH is 2. The van der Waals surface area contributed by atoms with Gasteiger partial charge in [-0.2, -0.15) is 0 Å². The second-order valence-corrected chi connectivity index (χ2v) is 13.6. The lowest BCUT2D eigenvalue weighted by Gasteiger charge is -2.38. The number of hydrogen-bond donors (Lipinski definition) is 2. The van der Waals surface area contributed by atoms with E-state index in [0.29, 0.717) is 0 Å². The summed E-state index contributed by atoms with van der Waals surface area (Å²) in [6, 6.07) is 0. The third-order valence-electron chi connectivity index (χ3n) is 9.44. The highest BCUT2D eigenvalue weighted by atomic mass is 16.3. The second kappa shape index (κ2) is 35.8. The summed E-state index contributed by atoms with van der Waals surface area (Å²) in [5.41, 5.74) is 0. The van der Waals surface area contributed by atoms with Crippen molar-refractivity contribution in [2.24, 2.45) is 0 Å². The molecule has 0 bridgehead atoms. The first-order valence-electron chi connectivity index (χ1n) is 19.6. The zero-order valence-electron chi connectivity index (χ0n) is 29.7. The first-order valence-corrected chi connectivity index (χ1v) is 19.6. The standard InChI is InChI=1S/C40H80NO2/c1-3-5-7-9-11-13-15-17-19-21-23-25-27-29-31-33-35-41(37-39-42,38-40-43)36-34-32-30-28-26-24-22-20-18-16-14-12-10-8-6-4-2/h17-20,42-43H,3-16,21-40H2,1-2H3/q+1/b19-17-,20-18-. The summed E-state index contributed by atoms with van der Waals surface area (Å²) in [6.07, 6.45) is 47.1. The van der Waals surface area contributed by atoms with Gasteiger partial charge in [0.1, 0.15) is 13.1 Å². The highest BCUT2D eigenvalue weighted by molar-refractivity contribution is 4.82. The number of nitrogens with zero attached hydrogens (tertiary/aromatic N) is 1. The molecule has 0 aliphatic heterocycles. The lowest BCUT2D eigenvalue weighted by atomic mass is 10.1. The van der Waals surface area contributed by atoms with Crippen molar-refractivity contribution in [1.29, 1.82) is 0 Å². The molecule has 0 aromatic carbocycles. The van der Waals surface area contributed by atoms with Crippen LogP contribution < -0.4 is 0 Å². The summed E-state index contributed by atoms with van der Waals surface area (Å²) in [4.78, 5) is 0. The molecule has 0 aliphatic rings. The zero-order chi connectivity index (χ0) is 31.4. The quantitative estimate of drug-likeness (QED) is 0.0423. The summed E-state index contributed by atoms with van der Waals surface area (Å²) in [6.45, 7) is 8.88. The fourth-order valence-corrected chi connectivity index (χ4v) is 6.48. The van der Waals surface area contributed by atoms with Crippen LogP contribution in [0.3, 0.4) is 0 Å². The van der Waals surface area contributed by atoms with Crippen LogP contribution in [0.5, 0.6) is 0 Å². The summed E-state index contributed by atoms with van der Waals surface area (Å²) in [5.74, 6) is 0. The SMILES string of the molecule is CCCCCCCC/C=C\CCCCCCCC[N+](CCO)(CCO)CCCCCCCC/C=C\CCCCCCCC. The van der Waals surface area contributed by atoms with E-state index in [4.69, 9.17) is 0 Å². The Morgan fingerprint density at radius 1 is 0.326 bits per heavy atom. The normalized spacial score (nSPS) is 12.4. The topological polar surface area (TPSA) is 40.5 Å².